The van der Waals surface area contributed by atoms with Crippen LogP contribution in [0.25, 0.3) is 0 Å². The Bertz CT molecular complexity index is 354. The molecular formula is C14H27N3OS. The fraction of sp³-hybridized carbons (Fsp3) is 0.786. The van der Waals surface area contributed by atoms with Gasteiger partial charge in [0.2, 0.25) is 0 Å². The van der Waals surface area contributed by atoms with Gasteiger partial charge in [-0.05, 0) is 33.7 Å². The van der Waals surface area contributed by atoms with Crippen molar-refractivity contribution in [3.05, 3.63) is 11.1 Å². The van der Waals surface area contributed by atoms with E-state index in [0.717, 1.165) is 36.9 Å². The van der Waals surface area contributed by atoms with Crippen molar-refractivity contribution in [1.82, 2.24) is 10.3 Å². The molecule has 1 atom stereocenters. The molecule has 0 radical (unpaired) electrons. The third-order valence-electron chi connectivity index (χ3n) is 3.06. The van der Waals surface area contributed by atoms with Gasteiger partial charge in [0.1, 0.15) is 0 Å². The molecule has 1 unspecified atom stereocenters. The predicted octanol–water partition coefficient (Wildman–Crippen LogP) is 3.06. The third kappa shape index (κ3) is 5.09. The van der Waals surface area contributed by atoms with Crippen molar-refractivity contribution in [2.75, 3.05) is 31.7 Å². The lowest BCUT2D eigenvalue weighted by atomic mass is 10.2. The summed E-state index contributed by atoms with van der Waals surface area (Å²) in [7, 11) is 1.74. The highest BCUT2D eigenvalue weighted by Gasteiger charge is 2.16. The lowest BCUT2D eigenvalue weighted by Gasteiger charge is -2.25. The van der Waals surface area contributed by atoms with Gasteiger partial charge in [0.25, 0.3) is 0 Å². The second-order valence-electron chi connectivity index (χ2n) is 5.01. The zero-order valence-corrected chi connectivity index (χ0v) is 13.6. The fourth-order valence-corrected chi connectivity index (χ4v) is 2.92. The quantitative estimate of drug-likeness (QED) is 0.756. The number of nitrogens with one attached hydrogen (secondary N) is 1. The van der Waals surface area contributed by atoms with Gasteiger partial charge in [-0.1, -0.05) is 6.92 Å². The first-order valence-corrected chi connectivity index (χ1v) is 7.92. The Hall–Kier alpha value is -0.650. The van der Waals surface area contributed by atoms with Crippen molar-refractivity contribution in [2.45, 2.75) is 46.2 Å². The van der Waals surface area contributed by atoms with Crippen molar-refractivity contribution >= 4 is 16.5 Å². The van der Waals surface area contributed by atoms with Crippen LogP contribution in [0.3, 0.4) is 0 Å². The van der Waals surface area contributed by atoms with Gasteiger partial charge in [0.15, 0.2) is 5.13 Å². The van der Waals surface area contributed by atoms with Crippen LogP contribution in [-0.2, 0) is 4.74 Å². The predicted molar refractivity (Wildman–Crippen MR) is 83.2 cm³/mol. The van der Waals surface area contributed by atoms with Crippen LogP contribution in [-0.4, -0.2) is 37.8 Å². The number of aromatic nitrogens is 1. The molecule has 0 aliphatic heterocycles. The van der Waals surface area contributed by atoms with E-state index in [1.54, 1.807) is 18.4 Å². The number of anilines is 1. The molecular weight excluding hydrogens is 258 g/mol. The van der Waals surface area contributed by atoms with Crippen LogP contribution in [0.4, 0.5) is 5.13 Å². The SMILES string of the molecule is CCCNC(C)c1csc(N(CCOC)C(C)C)n1. The number of nitrogens with zero attached hydrogens (tertiary/aromatic N) is 2. The van der Waals surface area contributed by atoms with E-state index in [0.29, 0.717) is 12.1 Å². The van der Waals surface area contributed by atoms with E-state index < -0.39 is 0 Å². The summed E-state index contributed by atoms with van der Waals surface area (Å²) in [6.45, 7) is 11.4. The van der Waals surface area contributed by atoms with Gasteiger partial charge in [0, 0.05) is 31.1 Å². The van der Waals surface area contributed by atoms with Crippen LogP contribution in [0.15, 0.2) is 5.38 Å². The number of hydrogen-bond donors (Lipinski definition) is 1. The lowest BCUT2D eigenvalue weighted by molar-refractivity contribution is 0.204. The Balaban J connectivity index is 2.69. The summed E-state index contributed by atoms with van der Waals surface area (Å²) in [5.74, 6) is 0. The molecule has 1 N–H and O–H groups in total. The minimum absolute atomic E-state index is 0.321. The summed E-state index contributed by atoms with van der Waals surface area (Å²) >= 11 is 1.72. The molecule has 19 heavy (non-hydrogen) atoms. The van der Waals surface area contributed by atoms with Crippen LogP contribution < -0.4 is 10.2 Å². The van der Waals surface area contributed by atoms with Gasteiger partial charge in [-0.15, -0.1) is 11.3 Å². The summed E-state index contributed by atoms with van der Waals surface area (Å²) in [5.41, 5.74) is 1.14. The second kappa shape index (κ2) is 8.51. The van der Waals surface area contributed by atoms with E-state index in [1.165, 1.54) is 0 Å². The number of thiazole rings is 1. The Labute approximate surface area is 121 Å². The van der Waals surface area contributed by atoms with Gasteiger partial charge >= 0.3 is 0 Å². The second-order valence-corrected chi connectivity index (χ2v) is 5.85. The van der Waals surface area contributed by atoms with E-state index in [4.69, 9.17) is 9.72 Å². The number of ether oxygens (including phenoxy) is 1. The van der Waals surface area contributed by atoms with Gasteiger partial charge in [-0.3, -0.25) is 0 Å². The zero-order valence-electron chi connectivity index (χ0n) is 12.8. The van der Waals surface area contributed by atoms with E-state index in [9.17, 15) is 0 Å². The molecule has 110 valence electrons. The lowest BCUT2D eigenvalue weighted by Crippen LogP contribution is -2.33. The Kier molecular flexibility index (Phi) is 7.34. The molecule has 0 aromatic carbocycles. The third-order valence-corrected chi connectivity index (χ3v) is 3.96. The summed E-state index contributed by atoms with van der Waals surface area (Å²) in [4.78, 5) is 7.06. The van der Waals surface area contributed by atoms with Crippen molar-refractivity contribution in [3.63, 3.8) is 0 Å². The van der Waals surface area contributed by atoms with Gasteiger partial charge < -0.3 is 15.0 Å². The molecule has 0 aliphatic rings. The normalized spacial score (nSPS) is 12.9. The first-order chi connectivity index (χ1) is 9.10. The van der Waals surface area contributed by atoms with E-state index in [-0.39, 0.29) is 0 Å². The molecule has 0 fully saturated rings. The smallest absolute Gasteiger partial charge is 0.185 e. The molecule has 0 saturated carbocycles. The van der Waals surface area contributed by atoms with Crippen molar-refractivity contribution in [3.8, 4) is 0 Å². The summed E-state index contributed by atoms with van der Waals surface area (Å²) in [6.07, 6.45) is 1.15. The Morgan fingerprint density at radius 2 is 2.16 bits per heavy atom. The van der Waals surface area contributed by atoms with Crippen LogP contribution in [0, 0.1) is 0 Å². The minimum atomic E-state index is 0.321. The number of hydrogen-bond acceptors (Lipinski definition) is 5. The van der Waals surface area contributed by atoms with Gasteiger partial charge in [-0.2, -0.15) is 0 Å². The van der Waals surface area contributed by atoms with E-state index in [1.807, 2.05) is 0 Å². The average molecular weight is 285 g/mol. The number of rotatable bonds is 9. The Morgan fingerprint density at radius 3 is 2.74 bits per heavy atom. The molecule has 1 rings (SSSR count). The zero-order chi connectivity index (χ0) is 14.3. The molecule has 0 spiro atoms. The first kappa shape index (κ1) is 16.4. The van der Waals surface area contributed by atoms with Gasteiger partial charge in [0.05, 0.1) is 12.3 Å². The molecule has 1 aromatic heterocycles. The van der Waals surface area contributed by atoms with Crippen LogP contribution in [0.5, 0.6) is 0 Å². The minimum Gasteiger partial charge on any atom is -0.383 e. The highest BCUT2D eigenvalue weighted by Crippen LogP contribution is 2.25. The Morgan fingerprint density at radius 1 is 1.42 bits per heavy atom. The standard InChI is InChI=1S/C14H27N3OS/c1-6-7-15-12(4)13-10-19-14(16-13)17(11(2)3)8-9-18-5/h10-12,15H,6-9H2,1-5H3. The molecule has 0 saturated heterocycles. The molecule has 5 heteroatoms. The van der Waals surface area contributed by atoms with Crippen molar-refractivity contribution in [2.24, 2.45) is 0 Å². The maximum atomic E-state index is 5.17. The summed E-state index contributed by atoms with van der Waals surface area (Å²) in [6, 6.07) is 0.759. The average Bonchev–Trinajstić information content (AvgIpc) is 2.85. The molecule has 0 aliphatic carbocycles. The van der Waals surface area contributed by atoms with E-state index >= 15 is 0 Å². The van der Waals surface area contributed by atoms with E-state index in [2.05, 4.69) is 43.3 Å². The van der Waals surface area contributed by atoms with Crippen LogP contribution >= 0.6 is 11.3 Å². The molecule has 1 aromatic rings. The van der Waals surface area contributed by atoms with Gasteiger partial charge in [-0.25, -0.2) is 4.98 Å². The maximum Gasteiger partial charge on any atom is 0.185 e. The molecule has 0 bridgehead atoms. The monoisotopic (exact) mass is 285 g/mol. The first-order valence-electron chi connectivity index (χ1n) is 7.04. The fourth-order valence-electron chi connectivity index (χ4n) is 1.84. The summed E-state index contributed by atoms with van der Waals surface area (Å²) < 4.78 is 5.17. The highest BCUT2D eigenvalue weighted by molar-refractivity contribution is 7.13. The van der Waals surface area contributed by atoms with Crippen LogP contribution in [0.2, 0.25) is 0 Å². The molecule has 0 amide bonds. The van der Waals surface area contributed by atoms with Crippen molar-refractivity contribution in [1.29, 1.82) is 0 Å². The molecule has 4 nitrogen and oxygen atoms in total. The van der Waals surface area contributed by atoms with Crippen LogP contribution in [0.1, 0.15) is 45.9 Å². The highest BCUT2D eigenvalue weighted by atomic mass is 32.1. The molecule has 1 heterocycles. The largest absolute Gasteiger partial charge is 0.383 e. The summed E-state index contributed by atoms with van der Waals surface area (Å²) in [5, 5.41) is 6.72. The number of methoxy groups -OCH3 is 1. The topological polar surface area (TPSA) is 37.4 Å². The maximum absolute atomic E-state index is 5.17. The van der Waals surface area contributed by atoms with Crippen molar-refractivity contribution < 1.29 is 4.74 Å².